The molecule has 0 aliphatic carbocycles. The van der Waals surface area contributed by atoms with Crippen molar-refractivity contribution in [1.82, 2.24) is 9.38 Å². The lowest BCUT2D eigenvalue weighted by Crippen LogP contribution is -2.11. The van der Waals surface area contributed by atoms with E-state index in [0.717, 1.165) is 16.2 Å². The van der Waals surface area contributed by atoms with Crippen molar-refractivity contribution < 1.29 is 0 Å². The number of anilines is 1. The first-order valence-corrected chi connectivity index (χ1v) is 5.78. The van der Waals surface area contributed by atoms with E-state index in [2.05, 4.69) is 22.9 Å². The summed E-state index contributed by atoms with van der Waals surface area (Å²) in [5.41, 5.74) is 1.85. The van der Waals surface area contributed by atoms with Crippen molar-refractivity contribution in [3.05, 3.63) is 38.6 Å². The van der Waals surface area contributed by atoms with Gasteiger partial charge in [0.15, 0.2) is 0 Å². The van der Waals surface area contributed by atoms with Gasteiger partial charge >= 0.3 is 0 Å². The molecule has 0 spiro atoms. The average molecular weight is 268 g/mol. The Morgan fingerprint density at radius 3 is 3.00 bits per heavy atom. The topological polar surface area (TPSA) is 29.3 Å². The highest BCUT2D eigenvalue weighted by atomic mass is 35.5. The van der Waals surface area contributed by atoms with Crippen LogP contribution in [-0.2, 0) is 0 Å². The van der Waals surface area contributed by atoms with E-state index in [4.69, 9.17) is 23.8 Å². The van der Waals surface area contributed by atoms with E-state index in [9.17, 15) is 0 Å². The highest BCUT2D eigenvalue weighted by Crippen LogP contribution is 2.26. The quantitative estimate of drug-likeness (QED) is 0.567. The summed E-state index contributed by atoms with van der Waals surface area (Å²) in [7, 11) is 0. The molecule has 1 aliphatic rings. The number of halogens is 1. The van der Waals surface area contributed by atoms with Gasteiger partial charge in [0.05, 0.1) is 16.2 Å². The first-order chi connectivity index (χ1) is 7.63. The fourth-order valence-electron chi connectivity index (χ4n) is 1.75. The van der Waals surface area contributed by atoms with Crippen LogP contribution in [-0.4, -0.2) is 9.38 Å². The summed E-state index contributed by atoms with van der Waals surface area (Å²) in [6, 6.07) is 5.53. The highest BCUT2D eigenvalue weighted by molar-refractivity contribution is 7.84. The molecule has 1 N–H and O–H groups in total. The number of aromatic nitrogens is 2. The summed E-state index contributed by atoms with van der Waals surface area (Å²) in [4.78, 5) is 4.25. The fourth-order valence-corrected chi connectivity index (χ4v) is 2.41. The van der Waals surface area contributed by atoms with Gasteiger partial charge in [-0.25, -0.2) is 4.98 Å². The van der Waals surface area contributed by atoms with Crippen LogP contribution in [0.1, 0.15) is 5.69 Å². The van der Waals surface area contributed by atoms with Crippen molar-refractivity contribution in [1.29, 1.82) is 0 Å². The van der Waals surface area contributed by atoms with Crippen molar-refractivity contribution in [3.8, 4) is 0 Å². The minimum atomic E-state index is 0.527. The van der Waals surface area contributed by atoms with Crippen LogP contribution in [0.15, 0.2) is 23.2 Å². The molecule has 0 atom stereocenters. The Morgan fingerprint density at radius 2 is 2.19 bits per heavy atom. The van der Waals surface area contributed by atoms with Gasteiger partial charge in [0.1, 0.15) is 4.64 Å². The first-order valence-electron chi connectivity index (χ1n) is 4.54. The second kappa shape index (κ2) is 3.48. The van der Waals surface area contributed by atoms with Gasteiger partial charge < -0.3 is 5.32 Å². The Balaban J connectivity index is 2.54. The van der Waals surface area contributed by atoms with Crippen molar-refractivity contribution in [2.45, 2.75) is 0 Å². The number of nitrogens with one attached hydrogen (secondary N) is 1. The fraction of sp³-hybridized carbons (Fsp3) is 0. The standard InChI is InChI=1S/C10H6ClN3S2/c11-5-1-6-3-8(15)12-10-13-9(16)4-7(2-5)14(6)10/h1-4H,(H2,12,13,15,16). The van der Waals surface area contributed by atoms with Gasteiger partial charge in [-0.1, -0.05) is 23.8 Å². The third-order valence-electron chi connectivity index (χ3n) is 2.31. The predicted molar refractivity (Wildman–Crippen MR) is 71.6 cm³/mol. The Labute approximate surface area is 107 Å². The van der Waals surface area contributed by atoms with E-state index >= 15 is 0 Å². The molecule has 80 valence electrons. The summed E-state index contributed by atoms with van der Waals surface area (Å²) >= 11 is 15.4. The van der Waals surface area contributed by atoms with E-state index in [1.807, 2.05) is 28.7 Å². The number of pyridine rings is 1. The van der Waals surface area contributed by atoms with Gasteiger partial charge in [-0.05, 0) is 24.3 Å². The molecule has 0 aromatic carbocycles. The third-order valence-corrected chi connectivity index (χ3v) is 2.98. The van der Waals surface area contributed by atoms with Gasteiger partial charge in [-0.3, -0.25) is 4.40 Å². The molecule has 0 radical (unpaired) electrons. The molecular formula is C10H6ClN3S2. The zero-order valence-corrected chi connectivity index (χ0v) is 10.4. The molecule has 0 bridgehead atoms. The molecule has 0 amide bonds. The molecule has 0 saturated heterocycles. The lowest BCUT2D eigenvalue weighted by atomic mass is 10.2. The van der Waals surface area contributed by atoms with Crippen LogP contribution in [0.3, 0.4) is 0 Å². The maximum absolute atomic E-state index is 6.04. The zero-order chi connectivity index (χ0) is 11.3. The average Bonchev–Trinajstić information content (AvgIpc) is 2.14. The van der Waals surface area contributed by atoms with Crippen LogP contribution >= 0.6 is 36.4 Å². The van der Waals surface area contributed by atoms with Crippen molar-refractivity contribution >= 4 is 54.0 Å². The number of rotatable bonds is 0. The van der Waals surface area contributed by atoms with Crippen LogP contribution in [0.25, 0.3) is 11.6 Å². The Morgan fingerprint density at radius 1 is 1.38 bits per heavy atom. The largest absolute Gasteiger partial charge is 0.320 e. The summed E-state index contributed by atoms with van der Waals surface area (Å²) in [6.45, 7) is 0. The zero-order valence-electron chi connectivity index (χ0n) is 7.94. The molecule has 16 heavy (non-hydrogen) atoms. The van der Waals surface area contributed by atoms with E-state index in [1.54, 1.807) is 0 Å². The lowest BCUT2D eigenvalue weighted by molar-refractivity contribution is 1.04. The van der Waals surface area contributed by atoms with Crippen molar-refractivity contribution in [2.24, 2.45) is 0 Å². The van der Waals surface area contributed by atoms with Gasteiger partial charge in [0.25, 0.3) is 0 Å². The molecule has 0 fully saturated rings. The molecular weight excluding hydrogens is 262 g/mol. The second-order valence-electron chi connectivity index (χ2n) is 3.43. The van der Waals surface area contributed by atoms with Crippen molar-refractivity contribution in [3.63, 3.8) is 0 Å². The number of hydrogen-bond acceptors (Lipinski definition) is 4. The molecule has 2 aromatic heterocycles. The summed E-state index contributed by atoms with van der Waals surface area (Å²) in [5, 5.41) is 4.44. The highest BCUT2D eigenvalue weighted by Gasteiger charge is 2.12. The van der Waals surface area contributed by atoms with Crippen LogP contribution < -0.4 is 5.32 Å². The summed E-state index contributed by atoms with van der Waals surface area (Å²) in [5.74, 6) is 0.668. The van der Waals surface area contributed by atoms with Crippen molar-refractivity contribution in [2.75, 3.05) is 5.32 Å². The number of nitrogens with zero attached hydrogens (tertiary/aromatic N) is 2. The third kappa shape index (κ3) is 1.52. The molecule has 3 nitrogen and oxygen atoms in total. The Kier molecular flexibility index (Phi) is 2.20. The van der Waals surface area contributed by atoms with E-state index < -0.39 is 0 Å². The number of hydrogen-bond donors (Lipinski definition) is 2. The molecule has 2 aromatic rings. The molecule has 6 heteroatoms. The maximum atomic E-state index is 6.04. The predicted octanol–water partition coefficient (Wildman–Crippen LogP) is 3.37. The minimum Gasteiger partial charge on any atom is -0.320 e. The molecule has 1 aliphatic heterocycles. The van der Waals surface area contributed by atoms with Gasteiger partial charge in [0.2, 0.25) is 5.95 Å². The van der Waals surface area contributed by atoms with Gasteiger partial charge in [-0.15, -0.1) is 12.6 Å². The van der Waals surface area contributed by atoms with E-state index in [1.165, 1.54) is 0 Å². The Bertz CT molecular complexity index is 690. The Hall–Kier alpha value is -1.04. The van der Waals surface area contributed by atoms with Gasteiger partial charge in [-0.2, -0.15) is 0 Å². The molecule has 3 heterocycles. The molecule has 0 saturated carbocycles. The first kappa shape index (κ1) is 10.1. The SMILES string of the molecule is S=c1cc2cc(Cl)cc3n2c(n1)NC(S)=C3. The normalized spacial score (nSPS) is 13.5. The molecule has 3 rings (SSSR count). The second-order valence-corrected chi connectivity index (χ2v) is 4.77. The maximum Gasteiger partial charge on any atom is 0.214 e. The summed E-state index contributed by atoms with van der Waals surface area (Å²) < 4.78 is 2.47. The van der Waals surface area contributed by atoms with Crippen LogP contribution in [0.2, 0.25) is 5.02 Å². The minimum absolute atomic E-state index is 0.527. The van der Waals surface area contributed by atoms with E-state index in [-0.39, 0.29) is 0 Å². The summed E-state index contributed by atoms with van der Waals surface area (Å²) in [6.07, 6.45) is 1.89. The monoisotopic (exact) mass is 267 g/mol. The molecule has 0 unspecified atom stereocenters. The number of thiol groups is 1. The smallest absolute Gasteiger partial charge is 0.214 e. The lowest BCUT2D eigenvalue weighted by Gasteiger charge is -2.18. The van der Waals surface area contributed by atoms with E-state index in [0.29, 0.717) is 15.6 Å². The van der Waals surface area contributed by atoms with Crippen LogP contribution in [0.5, 0.6) is 0 Å². The van der Waals surface area contributed by atoms with Crippen LogP contribution in [0, 0.1) is 4.64 Å². The van der Waals surface area contributed by atoms with Gasteiger partial charge in [0, 0.05) is 5.02 Å². The van der Waals surface area contributed by atoms with Crippen LogP contribution in [0.4, 0.5) is 5.95 Å².